The monoisotopic (exact) mass is 623 g/mol. The predicted molar refractivity (Wildman–Crippen MR) is 134 cm³/mol. The SMILES string of the molecule is Cl.[2H]C([2H])([2H])n1cc(S(=O)(=O)N2CCN(C3(CNC(=O)c4ccc(C(F)(F)F)cc4Cl)CCC(F)(F)CC3)CC2)nn1. The molecule has 2 fully saturated rings. The first-order chi connectivity index (χ1) is 18.8. The van der Waals surface area contributed by atoms with E-state index >= 15 is 0 Å². The van der Waals surface area contributed by atoms with Gasteiger partial charge >= 0.3 is 6.18 Å². The number of halogens is 7. The van der Waals surface area contributed by atoms with Crippen LogP contribution in [0, 0.1) is 0 Å². The van der Waals surface area contributed by atoms with Crippen LogP contribution < -0.4 is 5.32 Å². The van der Waals surface area contributed by atoms with Gasteiger partial charge in [-0.3, -0.25) is 14.4 Å². The Kier molecular flexibility index (Phi) is 7.95. The van der Waals surface area contributed by atoms with Crippen LogP contribution in [0.15, 0.2) is 29.4 Å². The highest BCUT2D eigenvalue weighted by molar-refractivity contribution is 7.89. The van der Waals surface area contributed by atoms with E-state index in [0.29, 0.717) is 16.8 Å². The number of nitrogens with one attached hydrogen (secondary N) is 1. The molecule has 0 bridgehead atoms. The Balaban J connectivity index is 0.00000484. The quantitative estimate of drug-likeness (QED) is 0.494. The van der Waals surface area contributed by atoms with Crippen molar-refractivity contribution in [1.82, 2.24) is 29.5 Å². The average molecular weight is 624 g/mol. The third-order valence-electron chi connectivity index (χ3n) is 7.02. The van der Waals surface area contributed by atoms with Crippen molar-refractivity contribution >= 4 is 39.9 Å². The first kappa shape index (κ1) is 27.1. The van der Waals surface area contributed by atoms with E-state index in [1.54, 1.807) is 0 Å². The fourth-order valence-corrected chi connectivity index (χ4v) is 6.35. The Morgan fingerprint density at radius 3 is 2.33 bits per heavy atom. The van der Waals surface area contributed by atoms with Gasteiger partial charge in [-0.2, -0.15) is 17.5 Å². The maximum atomic E-state index is 14.1. The molecule has 1 aromatic heterocycles. The summed E-state index contributed by atoms with van der Waals surface area (Å²) in [5.74, 6) is -3.69. The molecule has 2 aliphatic rings. The molecule has 0 atom stereocenters. The fourth-order valence-electron chi connectivity index (χ4n) is 4.80. The lowest BCUT2D eigenvalue weighted by molar-refractivity contribution is -0.137. The van der Waals surface area contributed by atoms with Crippen LogP contribution in [0.3, 0.4) is 0 Å². The molecule has 1 saturated carbocycles. The Morgan fingerprint density at radius 1 is 1.15 bits per heavy atom. The summed E-state index contributed by atoms with van der Waals surface area (Å²) in [6.45, 7) is -2.77. The van der Waals surface area contributed by atoms with E-state index < -0.39 is 69.0 Å². The molecule has 1 aliphatic heterocycles. The summed E-state index contributed by atoms with van der Waals surface area (Å²) in [5, 5.41) is 8.49. The van der Waals surface area contributed by atoms with Crippen molar-refractivity contribution in [1.29, 1.82) is 0 Å². The first-order valence-corrected chi connectivity index (χ1v) is 13.4. The zero-order valence-corrected chi connectivity index (χ0v) is 22.6. The summed E-state index contributed by atoms with van der Waals surface area (Å²) < 4.78 is 117. The molecule has 1 N–H and O–H groups in total. The van der Waals surface area contributed by atoms with Gasteiger partial charge in [0.05, 0.1) is 22.3 Å². The predicted octanol–water partition coefficient (Wildman–Crippen LogP) is 3.59. The summed E-state index contributed by atoms with van der Waals surface area (Å²) in [7, 11) is -4.20. The number of nitrogens with zero attached hydrogens (tertiary/aromatic N) is 5. The normalized spacial score (nSPS) is 21.7. The van der Waals surface area contributed by atoms with Crippen molar-refractivity contribution in [3.63, 3.8) is 0 Å². The molecule has 39 heavy (non-hydrogen) atoms. The van der Waals surface area contributed by atoms with Gasteiger partial charge in [0, 0.05) is 62.2 Å². The van der Waals surface area contributed by atoms with Crippen LogP contribution in [0.25, 0.3) is 0 Å². The molecule has 1 aliphatic carbocycles. The van der Waals surface area contributed by atoms with Crippen LogP contribution in [0.4, 0.5) is 22.0 Å². The topological polar surface area (TPSA) is 100 Å². The second kappa shape index (κ2) is 11.4. The van der Waals surface area contributed by atoms with Crippen molar-refractivity contribution < 1.29 is 39.3 Å². The van der Waals surface area contributed by atoms with Crippen LogP contribution in [-0.2, 0) is 23.2 Å². The van der Waals surface area contributed by atoms with Gasteiger partial charge in [0.2, 0.25) is 10.9 Å². The third kappa shape index (κ3) is 6.81. The lowest BCUT2D eigenvalue weighted by Crippen LogP contribution is -2.63. The molecule has 0 radical (unpaired) electrons. The molecular formula is C22H27Cl2F5N6O3S. The number of hydrogen-bond acceptors (Lipinski definition) is 6. The van der Waals surface area contributed by atoms with Crippen LogP contribution in [0.1, 0.15) is 45.7 Å². The molecule has 0 spiro atoms. The zero-order valence-electron chi connectivity index (χ0n) is 23.2. The summed E-state index contributed by atoms with van der Waals surface area (Å²) in [6, 6.07) is 2.28. The molecule has 9 nitrogen and oxygen atoms in total. The number of benzene rings is 1. The van der Waals surface area contributed by atoms with E-state index in [4.69, 9.17) is 15.7 Å². The zero-order chi connectivity index (χ0) is 30.4. The van der Waals surface area contributed by atoms with Gasteiger partial charge in [0.1, 0.15) is 0 Å². The number of aromatic nitrogens is 3. The number of sulfonamides is 1. The van der Waals surface area contributed by atoms with Crippen LogP contribution in [0.2, 0.25) is 5.02 Å². The maximum Gasteiger partial charge on any atom is 0.416 e. The van der Waals surface area contributed by atoms with E-state index in [1.165, 1.54) is 0 Å². The highest BCUT2D eigenvalue weighted by Crippen LogP contribution is 2.42. The van der Waals surface area contributed by atoms with E-state index in [2.05, 4.69) is 15.6 Å². The smallest absolute Gasteiger partial charge is 0.350 e. The second-order valence-electron chi connectivity index (χ2n) is 9.35. The molecule has 2 heterocycles. The van der Waals surface area contributed by atoms with Crippen LogP contribution in [0.5, 0.6) is 0 Å². The molecule has 2 aromatic rings. The standard InChI is InChI=1S/C22H26ClF5N6O3S.ClH/c1-32-13-18(30-31-32)38(36,37)34-10-8-33(9-11-34)20(4-6-21(24,25)7-5-20)14-29-19(35)16-3-2-15(12-17(16)23)22(26,27)28;/h2-3,12-13H,4-11,14H2,1H3,(H,29,35);1H/i1D3;. The number of aryl methyl sites for hydroxylation is 1. The Morgan fingerprint density at radius 2 is 1.79 bits per heavy atom. The molecule has 1 amide bonds. The first-order valence-electron chi connectivity index (χ1n) is 13.1. The summed E-state index contributed by atoms with van der Waals surface area (Å²) in [5.41, 5.74) is -2.22. The summed E-state index contributed by atoms with van der Waals surface area (Å²) >= 11 is 5.93. The van der Waals surface area contributed by atoms with Gasteiger partial charge in [-0.1, -0.05) is 16.8 Å². The van der Waals surface area contributed by atoms with Crippen LogP contribution in [-0.4, -0.2) is 82.7 Å². The minimum Gasteiger partial charge on any atom is -0.350 e. The second-order valence-corrected chi connectivity index (χ2v) is 11.6. The molecule has 0 unspecified atom stereocenters. The molecule has 1 aromatic carbocycles. The average Bonchev–Trinajstić information content (AvgIpc) is 3.40. The highest BCUT2D eigenvalue weighted by atomic mass is 35.5. The minimum absolute atomic E-state index is 0. The number of carbonyl (C=O) groups excluding carboxylic acids is 1. The Hall–Kier alpha value is -2.07. The fraction of sp³-hybridized carbons (Fsp3) is 0.591. The van der Waals surface area contributed by atoms with Gasteiger partial charge < -0.3 is 5.32 Å². The van der Waals surface area contributed by atoms with Gasteiger partial charge in [0.15, 0.2) is 0 Å². The third-order valence-corrected chi connectivity index (χ3v) is 9.09. The van der Waals surface area contributed by atoms with Gasteiger partial charge in [-0.05, 0) is 31.0 Å². The Bertz CT molecular complexity index is 1390. The summed E-state index contributed by atoms with van der Waals surface area (Å²) in [6.07, 6.45) is -4.85. The van der Waals surface area contributed by atoms with E-state index in [0.717, 1.165) is 16.6 Å². The van der Waals surface area contributed by atoms with Gasteiger partial charge in [0.25, 0.3) is 15.9 Å². The molecular weight excluding hydrogens is 594 g/mol. The van der Waals surface area contributed by atoms with Gasteiger partial charge in [-0.15, -0.1) is 17.5 Å². The van der Waals surface area contributed by atoms with Crippen molar-refractivity contribution in [2.45, 2.75) is 48.3 Å². The molecule has 218 valence electrons. The van der Waals surface area contributed by atoms with Crippen LogP contribution >= 0.6 is 24.0 Å². The lowest BCUT2D eigenvalue weighted by Gasteiger charge is -2.50. The van der Waals surface area contributed by atoms with Crippen molar-refractivity contribution in [3.8, 4) is 0 Å². The highest BCUT2D eigenvalue weighted by Gasteiger charge is 2.48. The van der Waals surface area contributed by atoms with Crippen molar-refractivity contribution in [2.75, 3.05) is 32.7 Å². The number of carbonyl (C=O) groups is 1. The maximum absolute atomic E-state index is 14.1. The van der Waals surface area contributed by atoms with E-state index in [9.17, 15) is 35.2 Å². The van der Waals surface area contributed by atoms with Crippen molar-refractivity contribution in [3.05, 3.63) is 40.5 Å². The lowest BCUT2D eigenvalue weighted by atomic mass is 9.78. The number of amides is 1. The Labute approximate surface area is 237 Å². The number of piperazine rings is 1. The van der Waals surface area contributed by atoms with E-state index in [1.807, 2.05) is 4.90 Å². The van der Waals surface area contributed by atoms with Crippen molar-refractivity contribution in [2.24, 2.45) is 6.98 Å². The number of alkyl halides is 5. The number of hydrogen-bond donors (Lipinski definition) is 1. The molecule has 17 heteroatoms. The van der Waals surface area contributed by atoms with Gasteiger partial charge in [-0.25, -0.2) is 17.2 Å². The number of rotatable bonds is 6. The minimum atomic E-state index is -4.66. The molecule has 1 saturated heterocycles. The summed E-state index contributed by atoms with van der Waals surface area (Å²) in [4.78, 5) is 14.7. The van der Waals surface area contributed by atoms with E-state index in [-0.39, 0.29) is 63.5 Å². The molecule has 4 rings (SSSR count). The largest absolute Gasteiger partial charge is 0.416 e.